The Kier molecular flexibility index (Phi) is 6.31. The molecule has 3 nitrogen and oxygen atoms in total. The second-order valence-corrected chi connectivity index (χ2v) is 6.97. The second kappa shape index (κ2) is 7.77. The van der Waals surface area contributed by atoms with Crippen molar-refractivity contribution in [3.05, 3.63) is 0 Å². The van der Waals surface area contributed by atoms with Gasteiger partial charge in [0.05, 0.1) is 11.7 Å². The predicted octanol–water partition coefficient (Wildman–Crippen LogP) is 3.38. The van der Waals surface area contributed by atoms with Crippen LogP contribution in [0.1, 0.15) is 59.3 Å². The van der Waals surface area contributed by atoms with Crippen LogP contribution in [0.25, 0.3) is 0 Å². The van der Waals surface area contributed by atoms with E-state index in [0.717, 1.165) is 51.0 Å². The fraction of sp³-hybridized carbons (Fsp3) is 1.00. The van der Waals surface area contributed by atoms with Gasteiger partial charge in [0.25, 0.3) is 0 Å². The quantitative estimate of drug-likeness (QED) is 0.810. The van der Waals surface area contributed by atoms with E-state index >= 15 is 0 Å². The van der Waals surface area contributed by atoms with E-state index in [9.17, 15) is 0 Å². The zero-order valence-corrected chi connectivity index (χ0v) is 13.6. The fourth-order valence-electron chi connectivity index (χ4n) is 3.67. The van der Waals surface area contributed by atoms with Gasteiger partial charge in [-0.1, -0.05) is 20.8 Å². The third kappa shape index (κ3) is 4.44. The predicted molar refractivity (Wildman–Crippen MR) is 83.0 cm³/mol. The van der Waals surface area contributed by atoms with Gasteiger partial charge in [-0.2, -0.15) is 0 Å². The van der Waals surface area contributed by atoms with Crippen LogP contribution in [0.5, 0.6) is 0 Å². The lowest BCUT2D eigenvalue weighted by atomic mass is 9.74. The lowest BCUT2D eigenvalue weighted by Gasteiger charge is -2.44. The summed E-state index contributed by atoms with van der Waals surface area (Å²) in [5, 5.41) is 3.54. The minimum atomic E-state index is 0.0867. The van der Waals surface area contributed by atoms with E-state index in [1.807, 2.05) is 0 Å². The number of hydrogen-bond acceptors (Lipinski definition) is 3. The van der Waals surface area contributed by atoms with Crippen molar-refractivity contribution < 1.29 is 9.47 Å². The highest BCUT2D eigenvalue weighted by Gasteiger charge is 2.38. The maximum absolute atomic E-state index is 6.61. The molecule has 0 amide bonds. The molecule has 2 fully saturated rings. The molecule has 0 atom stereocenters. The van der Waals surface area contributed by atoms with E-state index in [4.69, 9.17) is 9.47 Å². The Labute approximate surface area is 124 Å². The van der Waals surface area contributed by atoms with Gasteiger partial charge in [0, 0.05) is 19.8 Å². The van der Waals surface area contributed by atoms with Gasteiger partial charge < -0.3 is 14.8 Å². The van der Waals surface area contributed by atoms with Crippen molar-refractivity contribution in [1.29, 1.82) is 0 Å². The van der Waals surface area contributed by atoms with Crippen molar-refractivity contribution in [1.82, 2.24) is 5.32 Å². The molecule has 118 valence electrons. The van der Waals surface area contributed by atoms with Gasteiger partial charge in [-0.15, -0.1) is 0 Å². The van der Waals surface area contributed by atoms with Crippen LogP contribution < -0.4 is 5.32 Å². The molecule has 1 aliphatic carbocycles. The van der Waals surface area contributed by atoms with Gasteiger partial charge in [0.15, 0.2) is 0 Å². The molecule has 20 heavy (non-hydrogen) atoms. The summed E-state index contributed by atoms with van der Waals surface area (Å²) in [4.78, 5) is 0. The Balaban J connectivity index is 1.91. The summed E-state index contributed by atoms with van der Waals surface area (Å²) in [7, 11) is 0. The molecule has 0 spiro atoms. The van der Waals surface area contributed by atoms with E-state index in [-0.39, 0.29) is 5.60 Å². The summed E-state index contributed by atoms with van der Waals surface area (Å²) in [6.45, 7) is 10.7. The number of hydrogen-bond donors (Lipinski definition) is 1. The van der Waals surface area contributed by atoms with Gasteiger partial charge in [-0.25, -0.2) is 0 Å². The topological polar surface area (TPSA) is 30.5 Å². The van der Waals surface area contributed by atoms with Gasteiger partial charge in [0.1, 0.15) is 0 Å². The van der Waals surface area contributed by atoms with Crippen LogP contribution in [0.3, 0.4) is 0 Å². The number of ether oxygens (including phenoxy) is 2. The number of rotatable bonds is 6. The molecule has 1 aliphatic heterocycles. The molecule has 3 heteroatoms. The van der Waals surface area contributed by atoms with Crippen molar-refractivity contribution in [3.63, 3.8) is 0 Å². The highest BCUT2D eigenvalue weighted by atomic mass is 16.5. The van der Waals surface area contributed by atoms with Crippen LogP contribution >= 0.6 is 0 Å². The van der Waals surface area contributed by atoms with Crippen molar-refractivity contribution in [2.45, 2.75) is 71.0 Å². The average molecular weight is 283 g/mol. The number of nitrogens with one attached hydrogen (secondary N) is 1. The van der Waals surface area contributed by atoms with Crippen LogP contribution in [0.2, 0.25) is 0 Å². The van der Waals surface area contributed by atoms with E-state index in [1.165, 1.54) is 25.7 Å². The third-order valence-electron chi connectivity index (χ3n) is 5.17. The van der Waals surface area contributed by atoms with Crippen LogP contribution in [0, 0.1) is 11.8 Å². The minimum absolute atomic E-state index is 0.0867. The average Bonchev–Trinajstić information content (AvgIpc) is 2.47. The Bertz CT molecular complexity index is 266. The molecular formula is C17H33NO2. The van der Waals surface area contributed by atoms with Crippen LogP contribution in [0.15, 0.2) is 0 Å². The summed E-state index contributed by atoms with van der Waals surface area (Å²) in [6.07, 6.45) is 7.65. The van der Waals surface area contributed by atoms with Gasteiger partial charge in [-0.3, -0.25) is 0 Å². The summed E-state index contributed by atoms with van der Waals surface area (Å²) in [5.74, 6) is 1.71. The lowest BCUT2D eigenvalue weighted by Crippen LogP contribution is -2.49. The Morgan fingerprint density at radius 3 is 2.35 bits per heavy atom. The second-order valence-electron chi connectivity index (χ2n) is 6.97. The molecule has 0 unspecified atom stereocenters. The lowest BCUT2D eigenvalue weighted by molar-refractivity contribution is -0.144. The van der Waals surface area contributed by atoms with E-state index < -0.39 is 0 Å². The molecule has 1 heterocycles. The standard InChI is InChI=1S/C17H33NO2/c1-4-18-13-17(20-16-7-11-19-12-8-16)9-5-15(6-10-17)14(2)3/h14-16,18H,4-13H2,1-3H3. The monoisotopic (exact) mass is 283 g/mol. The van der Waals surface area contributed by atoms with Crippen molar-refractivity contribution >= 4 is 0 Å². The highest BCUT2D eigenvalue weighted by molar-refractivity contribution is 4.91. The zero-order chi connectivity index (χ0) is 14.4. The summed E-state index contributed by atoms with van der Waals surface area (Å²) in [6, 6.07) is 0. The molecule has 0 aromatic carbocycles. The Morgan fingerprint density at radius 1 is 1.15 bits per heavy atom. The van der Waals surface area contributed by atoms with E-state index in [0.29, 0.717) is 6.10 Å². The maximum atomic E-state index is 6.61. The minimum Gasteiger partial charge on any atom is -0.381 e. The van der Waals surface area contributed by atoms with Gasteiger partial charge >= 0.3 is 0 Å². The van der Waals surface area contributed by atoms with E-state index in [1.54, 1.807) is 0 Å². The van der Waals surface area contributed by atoms with E-state index in [2.05, 4.69) is 26.1 Å². The molecule has 0 aromatic heterocycles. The smallest absolute Gasteiger partial charge is 0.0810 e. The Morgan fingerprint density at radius 2 is 1.80 bits per heavy atom. The zero-order valence-electron chi connectivity index (χ0n) is 13.6. The molecule has 0 radical (unpaired) electrons. The van der Waals surface area contributed by atoms with Crippen LogP contribution in [0.4, 0.5) is 0 Å². The van der Waals surface area contributed by atoms with Crippen molar-refractivity contribution in [2.24, 2.45) is 11.8 Å². The summed E-state index contributed by atoms with van der Waals surface area (Å²) in [5.41, 5.74) is 0.0867. The molecule has 1 saturated heterocycles. The largest absolute Gasteiger partial charge is 0.381 e. The van der Waals surface area contributed by atoms with Gasteiger partial charge in [-0.05, 0) is 56.9 Å². The summed E-state index contributed by atoms with van der Waals surface area (Å²) >= 11 is 0. The maximum Gasteiger partial charge on any atom is 0.0810 e. The molecule has 0 aromatic rings. The van der Waals surface area contributed by atoms with Crippen LogP contribution in [-0.4, -0.2) is 38.0 Å². The highest BCUT2D eigenvalue weighted by Crippen LogP contribution is 2.39. The van der Waals surface area contributed by atoms with Gasteiger partial charge in [0.2, 0.25) is 0 Å². The summed E-state index contributed by atoms with van der Waals surface area (Å²) < 4.78 is 12.1. The third-order valence-corrected chi connectivity index (χ3v) is 5.17. The number of likely N-dealkylation sites (N-methyl/N-ethyl adjacent to an activating group) is 1. The fourth-order valence-corrected chi connectivity index (χ4v) is 3.67. The molecule has 1 saturated carbocycles. The molecule has 0 bridgehead atoms. The SMILES string of the molecule is CCNCC1(OC2CCOCC2)CCC(C(C)C)CC1. The molecule has 1 N–H and O–H groups in total. The van der Waals surface area contributed by atoms with Crippen molar-refractivity contribution in [3.8, 4) is 0 Å². The van der Waals surface area contributed by atoms with Crippen LogP contribution in [-0.2, 0) is 9.47 Å². The molecule has 2 rings (SSSR count). The first-order valence-corrected chi connectivity index (χ1v) is 8.61. The van der Waals surface area contributed by atoms with Crippen molar-refractivity contribution in [2.75, 3.05) is 26.3 Å². The first-order chi connectivity index (χ1) is 9.65. The molecular weight excluding hydrogens is 250 g/mol. The normalized spacial score (nSPS) is 32.7. The first-order valence-electron chi connectivity index (χ1n) is 8.61. The molecule has 2 aliphatic rings. The Hall–Kier alpha value is -0.120. The first kappa shape index (κ1) is 16.3.